The van der Waals surface area contributed by atoms with Gasteiger partial charge in [-0.05, 0) is 6.07 Å². The maximum Gasteiger partial charge on any atom is 0.330 e. The zero-order valence-electron chi connectivity index (χ0n) is 12.0. The van der Waals surface area contributed by atoms with Crippen LogP contribution in [0.1, 0.15) is 11.3 Å². The molecule has 7 nitrogen and oxygen atoms in total. The van der Waals surface area contributed by atoms with Crippen LogP contribution in [0.15, 0.2) is 28.0 Å². The summed E-state index contributed by atoms with van der Waals surface area (Å²) >= 11 is 0. The van der Waals surface area contributed by atoms with E-state index in [9.17, 15) is 9.59 Å². The summed E-state index contributed by atoms with van der Waals surface area (Å²) in [5.41, 5.74) is 1.02. The van der Waals surface area contributed by atoms with Gasteiger partial charge in [-0.2, -0.15) is 5.10 Å². The van der Waals surface area contributed by atoms with E-state index in [0.29, 0.717) is 12.1 Å². The van der Waals surface area contributed by atoms with E-state index in [1.165, 1.54) is 11.6 Å². The molecule has 0 aliphatic rings. The van der Waals surface area contributed by atoms with E-state index in [1.54, 1.807) is 17.9 Å². The Morgan fingerprint density at radius 2 is 2.00 bits per heavy atom. The summed E-state index contributed by atoms with van der Waals surface area (Å²) in [5.74, 6) is 0. The average molecular weight is 277 g/mol. The van der Waals surface area contributed by atoms with Crippen LogP contribution >= 0.6 is 0 Å². The molecule has 0 aliphatic heterocycles. The van der Waals surface area contributed by atoms with Crippen molar-refractivity contribution in [3.05, 3.63) is 50.6 Å². The smallest absolute Gasteiger partial charge is 0.312 e. The molecule has 1 N–H and O–H groups in total. The molecule has 0 spiro atoms. The van der Waals surface area contributed by atoms with Crippen LogP contribution in [0.2, 0.25) is 0 Å². The summed E-state index contributed by atoms with van der Waals surface area (Å²) in [4.78, 5) is 23.5. The van der Waals surface area contributed by atoms with Crippen LogP contribution in [0.5, 0.6) is 0 Å². The van der Waals surface area contributed by atoms with Crippen molar-refractivity contribution in [3.63, 3.8) is 0 Å². The lowest BCUT2D eigenvalue weighted by molar-refractivity contribution is 0.624. The Balaban J connectivity index is 1.95. The number of aromatic nitrogens is 4. The van der Waals surface area contributed by atoms with Crippen LogP contribution in [0, 0.1) is 0 Å². The van der Waals surface area contributed by atoms with Crippen molar-refractivity contribution in [1.82, 2.24) is 24.2 Å². The standard InChI is InChI=1S/C13H19N5O2/c1-16-9-10(12(19)18(3)13(16)20)8-14-6-4-11-5-7-17(2)15-11/h5,7,9,14H,4,6,8H2,1-3H3. The van der Waals surface area contributed by atoms with Gasteiger partial charge in [0.2, 0.25) is 0 Å². The van der Waals surface area contributed by atoms with E-state index >= 15 is 0 Å². The summed E-state index contributed by atoms with van der Waals surface area (Å²) in [5, 5.41) is 7.47. The van der Waals surface area contributed by atoms with Crippen molar-refractivity contribution in [1.29, 1.82) is 0 Å². The van der Waals surface area contributed by atoms with Crippen LogP contribution in [0.25, 0.3) is 0 Å². The van der Waals surface area contributed by atoms with E-state index in [2.05, 4.69) is 10.4 Å². The first-order valence-corrected chi connectivity index (χ1v) is 6.44. The monoisotopic (exact) mass is 277 g/mol. The normalized spacial score (nSPS) is 10.9. The minimum atomic E-state index is -0.313. The van der Waals surface area contributed by atoms with E-state index in [4.69, 9.17) is 0 Å². The lowest BCUT2D eigenvalue weighted by Gasteiger charge is -2.07. The van der Waals surface area contributed by atoms with Gasteiger partial charge < -0.3 is 9.88 Å². The topological polar surface area (TPSA) is 73.8 Å². The number of rotatable bonds is 5. The van der Waals surface area contributed by atoms with E-state index < -0.39 is 0 Å². The number of nitrogens with one attached hydrogen (secondary N) is 1. The molecule has 0 aliphatic carbocycles. The number of aryl methyl sites for hydroxylation is 2. The molecule has 0 unspecified atom stereocenters. The Kier molecular flexibility index (Phi) is 4.19. The fourth-order valence-electron chi connectivity index (χ4n) is 2.04. The van der Waals surface area contributed by atoms with Gasteiger partial charge >= 0.3 is 5.69 Å². The van der Waals surface area contributed by atoms with Gasteiger partial charge in [0.15, 0.2) is 0 Å². The van der Waals surface area contributed by atoms with Crippen molar-refractivity contribution in [2.45, 2.75) is 13.0 Å². The van der Waals surface area contributed by atoms with Crippen molar-refractivity contribution >= 4 is 0 Å². The molecule has 0 atom stereocenters. The molecule has 2 aromatic rings. The molecular weight excluding hydrogens is 258 g/mol. The molecule has 108 valence electrons. The summed E-state index contributed by atoms with van der Waals surface area (Å²) in [6.45, 7) is 1.16. The zero-order chi connectivity index (χ0) is 14.7. The van der Waals surface area contributed by atoms with Crippen LogP contribution < -0.4 is 16.6 Å². The third-order valence-electron chi connectivity index (χ3n) is 3.16. The van der Waals surface area contributed by atoms with Crippen molar-refractivity contribution < 1.29 is 0 Å². The van der Waals surface area contributed by atoms with Gasteiger partial charge in [0.1, 0.15) is 0 Å². The Labute approximate surface area is 116 Å². The molecule has 0 saturated carbocycles. The van der Waals surface area contributed by atoms with Crippen LogP contribution in [0.4, 0.5) is 0 Å². The van der Waals surface area contributed by atoms with Gasteiger partial charge in [-0.1, -0.05) is 0 Å². The molecule has 0 saturated heterocycles. The molecule has 7 heteroatoms. The maximum absolute atomic E-state index is 11.9. The largest absolute Gasteiger partial charge is 0.330 e. The molecule has 2 aromatic heterocycles. The fraction of sp³-hybridized carbons (Fsp3) is 0.462. The highest BCUT2D eigenvalue weighted by Gasteiger charge is 2.06. The second-order valence-electron chi connectivity index (χ2n) is 4.82. The molecule has 0 radical (unpaired) electrons. The Hall–Kier alpha value is -2.15. The lowest BCUT2D eigenvalue weighted by atomic mass is 10.3. The molecule has 2 heterocycles. The van der Waals surface area contributed by atoms with E-state index in [0.717, 1.165) is 23.2 Å². The molecule has 0 fully saturated rings. The summed E-state index contributed by atoms with van der Waals surface area (Å²) in [6, 6.07) is 1.97. The van der Waals surface area contributed by atoms with Crippen LogP contribution in [0.3, 0.4) is 0 Å². The Morgan fingerprint density at radius 1 is 1.25 bits per heavy atom. The van der Waals surface area contributed by atoms with Gasteiger partial charge in [-0.3, -0.25) is 14.0 Å². The van der Waals surface area contributed by atoms with Crippen LogP contribution in [-0.4, -0.2) is 25.5 Å². The van der Waals surface area contributed by atoms with Gasteiger partial charge in [0.05, 0.1) is 5.69 Å². The molecule has 20 heavy (non-hydrogen) atoms. The molecule has 2 rings (SSSR count). The van der Waals surface area contributed by atoms with Gasteiger partial charge in [-0.15, -0.1) is 0 Å². The fourth-order valence-corrected chi connectivity index (χ4v) is 2.04. The first-order valence-electron chi connectivity index (χ1n) is 6.44. The van der Waals surface area contributed by atoms with Crippen molar-refractivity contribution in [2.24, 2.45) is 21.1 Å². The minimum Gasteiger partial charge on any atom is -0.312 e. The predicted molar refractivity (Wildman–Crippen MR) is 75.5 cm³/mol. The number of hydrogen-bond acceptors (Lipinski definition) is 4. The minimum absolute atomic E-state index is 0.251. The highest BCUT2D eigenvalue weighted by molar-refractivity contribution is 5.05. The lowest BCUT2D eigenvalue weighted by Crippen LogP contribution is -2.39. The highest BCUT2D eigenvalue weighted by atomic mass is 16.2. The molecule has 0 bridgehead atoms. The van der Waals surface area contributed by atoms with Crippen molar-refractivity contribution in [2.75, 3.05) is 6.54 Å². The number of hydrogen-bond donors (Lipinski definition) is 1. The summed E-state index contributed by atoms with van der Waals surface area (Å²) in [7, 11) is 5.01. The third-order valence-corrected chi connectivity index (χ3v) is 3.16. The van der Waals surface area contributed by atoms with Gasteiger partial charge in [-0.25, -0.2) is 4.79 Å². The van der Waals surface area contributed by atoms with E-state index in [1.807, 2.05) is 19.3 Å². The van der Waals surface area contributed by atoms with Gasteiger partial charge in [0, 0.05) is 58.6 Å². The third kappa shape index (κ3) is 3.05. The summed E-state index contributed by atoms with van der Waals surface area (Å²) in [6.07, 6.45) is 4.28. The predicted octanol–water partition coefficient (Wildman–Crippen LogP) is -0.850. The SMILES string of the molecule is Cn1ccc(CCNCc2cn(C)c(=O)n(C)c2=O)n1. The summed E-state index contributed by atoms with van der Waals surface area (Å²) < 4.78 is 4.30. The maximum atomic E-state index is 11.9. The van der Waals surface area contributed by atoms with E-state index in [-0.39, 0.29) is 11.2 Å². The first-order chi connectivity index (χ1) is 9.49. The van der Waals surface area contributed by atoms with Gasteiger partial charge in [0.25, 0.3) is 5.56 Å². The molecule has 0 amide bonds. The zero-order valence-corrected chi connectivity index (χ0v) is 12.0. The second kappa shape index (κ2) is 5.87. The average Bonchev–Trinajstić information content (AvgIpc) is 2.83. The Morgan fingerprint density at radius 3 is 2.65 bits per heavy atom. The quantitative estimate of drug-likeness (QED) is 0.723. The first kappa shape index (κ1) is 14.3. The highest BCUT2D eigenvalue weighted by Crippen LogP contribution is 1.94. The second-order valence-corrected chi connectivity index (χ2v) is 4.82. The van der Waals surface area contributed by atoms with Crippen LogP contribution in [-0.2, 0) is 34.1 Å². The molecule has 0 aromatic carbocycles. The molecular formula is C13H19N5O2. The number of nitrogens with zero attached hydrogens (tertiary/aromatic N) is 4. The Bertz CT molecular complexity index is 710. The van der Waals surface area contributed by atoms with Crippen molar-refractivity contribution in [3.8, 4) is 0 Å².